The molecular weight excluding hydrogens is 801 g/mol. The van der Waals surface area contributed by atoms with E-state index in [1.165, 1.54) is 16.8 Å². The van der Waals surface area contributed by atoms with Crippen molar-refractivity contribution in [3.8, 4) is 0 Å². The summed E-state index contributed by atoms with van der Waals surface area (Å²) >= 11 is 0. The van der Waals surface area contributed by atoms with Crippen LogP contribution in [0.5, 0.6) is 0 Å². The van der Waals surface area contributed by atoms with Crippen molar-refractivity contribution in [2.45, 2.75) is 103 Å². The van der Waals surface area contributed by atoms with Crippen LogP contribution in [-0.4, -0.2) is 101 Å². The smallest absolute Gasteiger partial charge is 0.408 e. The number of aromatic amines is 1. The first-order chi connectivity index (χ1) is 30.0. The summed E-state index contributed by atoms with van der Waals surface area (Å²) in [5, 5.41) is 11.1. The molecule has 0 aliphatic carbocycles. The molecule has 0 fully saturated rings. The molecule has 0 saturated carbocycles. The lowest BCUT2D eigenvalue weighted by Gasteiger charge is -2.32. The van der Waals surface area contributed by atoms with Gasteiger partial charge in [-0.2, -0.15) is 0 Å². The Labute approximate surface area is 369 Å². The van der Waals surface area contributed by atoms with Gasteiger partial charge in [0.05, 0.1) is 6.42 Å². The first kappa shape index (κ1) is 47.4. The number of likely N-dealkylation sites (N-methyl/N-ethyl adjacent to an activating group) is 2. The second-order valence-corrected chi connectivity index (χ2v) is 16.9. The van der Waals surface area contributed by atoms with Gasteiger partial charge in [0.2, 0.25) is 23.6 Å². The molecule has 0 aliphatic rings. The molecule has 0 spiro atoms. The SMILES string of the molecule is CCCC[C@@H](C(=O)N[C@@H](CC(=O)OCc1ccccc1)C(=O)N[C@@H](Cc1cccc2ccccc12)C(=O)N(C)C)N(C)C(=O)[C@H](Cc1c[nH]c2ccccc12)NC(=O)OC(C)(C)C. The van der Waals surface area contributed by atoms with Crippen LogP contribution in [0.25, 0.3) is 21.7 Å². The van der Waals surface area contributed by atoms with Crippen molar-refractivity contribution < 1.29 is 38.2 Å². The number of fused-ring (bicyclic) bond motifs is 2. The Balaban J connectivity index is 1.43. The summed E-state index contributed by atoms with van der Waals surface area (Å²) in [7, 11) is 4.64. The number of hydrogen-bond donors (Lipinski definition) is 4. The number of esters is 1. The van der Waals surface area contributed by atoms with Crippen LogP contribution in [0, 0.1) is 0 Å². The minimum absolute atomic E-state index is 0.0659. The maximum absolute atomic E-state index is 14.6. The predicted molar refractivity (Wildman–Crippen MR) is 242 cm³/mol. The molecule has 0 radical (unpaired) electrons. The summed E-state index contributed by atoms with van der Waals surface area (Å²) in [5.74, 6) is -3.22. The average Bonchev–Trinajstić information content (AvgIpc) is 3.66. The van der Waals surface area contributed by atoms with Crippen molar-refractivity contribution in [1.29, 1.82) is 0 Å². The second-order valence-electron chi connectivity index (χ2n) is 16.9. The Morgan fingerprint density at radius 2 is 1.30 bits per heavy atom. The summed E-state index contributed by atoms with van der Waals surface area (Å²) in [6.45, 7) is 7.02. The van der Waals surface area contributed by atoms with Crippen LogP contribution in [0.1, 0.15) is 70.1 Å². The number of nitrogens with zero attached hydrogens (tertiary/aromatic N) is 2. The molecule has 4 atom stereocenters. The van der Waals surface area contributed by atoms with E-state index in [0.717, 1.165) is 38.4 Å². The molecule has 14 heteroatoms. The molecule has 14 nitrogen and oxygen atoms in total. The Morgan fingerprint density at radius 1 is 0.683 bits per heavy atom. The van der Waals surface area contributed by atoms with Crippen molar-refractivity contribution in [2.24, 2.45) is 0 Å². The predicted octanol–water partition coefficient (Wildman–Crippen LogP) is 6.21. The average molecular weight is 861 g/mol. The van der Waals surface area contributed by atoms with E-state index in [1.54, 1.807) is 65.3 Å². The lowest BCUT2D eigenvalue weighted by Crippen LogP contribution is -2.59. The maximum Gasteiger partial charge on any atom is 0.408 e. The van der Waals surface area contributed by atoms with E-state index in [-0.39, 0.29) is 25.9 Å². The Hall–Kier alpha value is -6.70. The van der Waals surface area contributed by atoms with Crippen molar-refractivity contribution in [2.75, 3.05) is 21.1 Å². The van der Waals surface area contributed by atoms with Crippen LogP contribution in [-0.2, 0) is 52.9 Å². The molecule has 1 aromatic heterocycles. The fourth-order valence-corrected chi connectivity index (χ4v) is 7.38. The lowest BCUT2D eigenvalue weighted by atomic mass is 9.97. The van der Waals surface area contributed by atoms with Gasteiger partial charge in [-0.05, 0) is 60.7 Å². The van der Waals surface area contributed by atoms with E-state index in [0.29, 0.717) is 12.8 Å². The number of amides is 5. The molecule has 0 unspecified atom stereocenters. The highest BCUT2D eigenvalue weighted by atomic mass is 16.6. The molecule has 4 N–H and O–H groups in total. The topological polar surface area (TPSA) is 179 Å². The van der Waals surface area contributed by atoms with Crippen LogP contribution in [0.15, 0.2) is 103 Å². The van der Waals surface area contributed by atoms with E-state index in [2.05, 4.69) is 20.9 Å². The van der Waals surface area contributed by atoms with Gasteiger partial charge in [0.1, 0.15) is 36.4 Å². The van der Waals surface area contributed by atoms with Crippen molar-refractivity contribution in [3.63, 3.8) is 0 Å². The quantitative estimate of drug-likeness (QED) is 0.0709. The van der Waals surface area contributed by atoms with Crippen molar-refractivity contribution >= 4 is 57.4 Å². The van der Waals surface area contributed by atoms with E-state index < -0.39 is 71.9 Å². The van der Waals surface area contributed by atoms with Gasteiger partial charge in [0, 0.05) is 51.1 Å². The number of nitrogens with one attached hydrogen (secondary N) is 4. The van der Waals surface area contributed by atoms with E-state index >= 15 is 0 Å². The number of H-pyrrole nitrogens is 1. The number of alkyl carbamates (subject to hydrolysis) is 1. The number of ether oxygens (including phenoxy) is 2. The second kappa shape index (κ2) is 21.9. The van der Waals surface area contributed by atoms with Crippen LogP contribution in [0.3, 0.4) is 0 Å². The maximum atomic E-state index is 14.6. The summed E-state index contributed by atoms with van der Waals surface area (Å²) in [6, 6.07) is 25.2. The number of hydrogen-bond acceptors (Lipinski definition) is 8. The van der Waals surface area contributed by atoms with Crippen molar-refractivity contribution in [1.82, 2.24) is 30.7 Å². The molecule has 0 saturated heterocycles. The number of para-hydroxylation sites is 1. The highest BCUT2D eigenvalue weighted by molar-refractivity contribution is 5.97. The monoisotopic (exact) mass is 860 g/mol. The molecule has 0 aliphatic heterocycles. The van der Waals surface area contributed by atoms with Crippen LogP contribution < -0.4 is 16.0 Å². The van der Waals surface area contributed by atoms with Gasteiger partial charge < -0.3 is 40.2 Å². The van der Waals surface area contributed by atoms with E-state index in [9.17, 15) is 28.8 Å². The fourth-order valence-electron chi connectivity index (χ4n) is 7.38. The summed E-state index contributed by atoms with van der Waals surface area (Å²) in [5.41, 5.74) is 2.31. The van der Waals surface area contributed by atoms with Crippen LogP contribution >= 0.6 is 0 Å². The standard InChI is InChI=1S/C49H60N6O8/c1-8-9-26-42(55(7)47(60)41(53-48(61)63-49(2,3)4)28-35-30-50-38-25-16-15-24-37(35)38)45(58)51-39(29-43(56)62-31-32-18-11-10-12-19-32)44(57)52-40(46(59)54(5)6)27-34-22-17-21-33-20-13-14-23-36(33)34/h10-25,30,39-42,50H,8-9,26-29,31H2,1-7H3,(H,51,58)(H,52,57)(H,53,61)/t39-,40-,41-,42-/m0/s1. The van der Waals surface area contributed by atoms with Gasteiger partial charge in [-0.15, -0.1) is 0 Å². The molecule has 63 heavy (non-hydrogen) atoms. The van der Waals surface area contributed by atoms with Gasteiger partial charge in [0.15, 0.2) is 0 Å². The normalized spacial score (nSPS) is 13.3. The molecule has 5 rings (SSSR count). The summed E-state index contributed by atoms with van der Waals surface area (Å²) in [4.78, 5) is 89.6. The number of benzene rings is 4. The first-order valence-electron chi connectivity index (χ1n) is 21.3. The highest BCUT2D eigenvalue weighted by Gasteiger charge is 2.36. The third kappa shape index (κ3) is 13.4. The molecule has 0 bridgehead atoms. The number of aromatic nitrogens is 1. The summed E-state index contributed by atoms with van der Waals surface area (Å²) < 4.78 is 11.1. The first-order valence-corrected chi connectivity index (χ1v) is 21.3. The third-order valence-corrected chi connectivity index (χ3v) is 10.6. The van der Waals surface area contributed by atoms with Gasteiger partial charge >= 0.3 is 12.1 Å². The lowest BCUT2D eigenvalue weighted by molar-refractivity contribution is -0.148. The third-order valence-electron chi connectivity index (χ3n) is 10.6. The van der Waals surface area contributed by atoms with Crippen molar-refractivity contribution in [3.05, 3.63) is 120 Å². The largest absolute Gasteiger partial charge is 0.461 e. The Morgan fingerprint density at radius 3 is 2.00 bits per heavy atom. The summed E-state index contributed by atoms with van der Waals surface area (Å²) in [6.07, 6.45) is 2.02. The number of carbonyl (C=O) groups is 6. The zero-order valence-corrected chi connectivity index (χ0v) is 37.2. The zero-order chi connectivity index (χ0) is 45.7. The van der Waals surface area contributed by atoms with E-state index in [1.807, 2.05) is 79.7 Å². The molecule has 4 aromatic carbocycles. The molecule has 1 heterocycles. The Bertz CT molecular complexity index is 2370. The van der Waals surface area contributed by atoms with E-state index in [4.69, 9.17) is 9.47 Å². The molecule has 5 amide bonds. The van der Waals surface area contributed by atoms with Crippen LogP contribution in [0.4, 0.5) is 4.79 Å². The van der Waals surface area contributed by atoms with Crippen LogP contribution in [0.2, 0.25) is 0 Å². The number of carbonyl (C=O) groups excluding carboxylic acids is 6. The Kier molecular flexibility index (Phi) is 16.5. The minimum Gasteiger partial charge on any atom is -0.461 e. The molecular formula is C49H60N6O8. The van der Waals surface area contributed by atoms with Gasteiger partial charge in [-0.1, -0.05) is 111 Å². The zero-order valence-electron chi connectivity index (χ0n) is 37.2. The molecule has 334 valence electrons. The van der Waals surface area contributed by atoms with Gasteiger partial charge in [0.25, 0.3) is 0 Å². The minimum atomic E-state index is -1.50. The molecule has 5 aromatic rings. The van der Waals surface area contributed by atoms with Gasteiger partial charge in [-0.25, -0.2) is 4.79 Å². The van der Waals surface area contributed by atoms with Gasteiger partial charge in [-0.3, -0.25) is 24.0 Å². The fraction of sp³-hybridized carbons (Fsp3) is 0.388. The highest BCUT2D eigenvalue weighted by Crippen LogP contribution is 2.23. The number of rotatable bonds is 19. The number of unbranched alkanes of at least 4 members (excludes halogenated alkanes) is 1.